The normalized spacial score (nSPS) is 17.3. The molecule has 1 fully saturated rings. The van der Waals surface area contributed by atoms with Gasteiger partial charge in [-0.3, -0.25) is 14.2 Å². The molecule has 6 rings (SSSR count). The molecule has 0 radical (unpaired) electrons. The number of hydrogen-bond donors (Lipinski definition) is 0. The molecular weight excluding hydrogens is 450 g/mol. The Morgan fingerprint density at radius 3 is 2.74 bits per heavy atom. The maximum atomic E-state index is 13.3. The average molecular weight is 474 g/mol. The van der Waals surface area contributed by atoms with E-state index in [1.165, 1.54) is 22.2 Å². The van der Waals surface area contributed by atoms with Gasteiger partial charge in [-0.2, -0.15) is 0 Å². The van der Waals surface area contributed by atoms with Crippen molar-refractivity contribution in [2.75, 3.05) is 19.8 Å². The van der Waals surface area contributed by atoms with Gasteiger partial charge in [-0.05, 0) is 42.2 Å². The second kappa shape index (κ2) is 8.61. The number of thiophene rings is 1. The molecule has 0 saturated carbocycles. The lowest BCUT2D eigenvalue weighted by Gasteiger charge is -2.27. The van der Waals surface area contributed by atoms with E-state index in [1.807, 2.05) is 59.5 Å². The number of hydrogen-bond acceptors (Lipinski definition) is 6. The van der Waals surface area contributed by atoms with Crippen LogP contribution in [0.15, 0.2) is 65.7 Å². The summed E-state index contributed by atoms with van der Waals surface area (Å²) in [7, 11) is 0. The number of ether oxygens (including phenoxy) is 2. The molecule has 34 heavy (non-hydrogen) atoms. The van der Waals surface area contributed by atoms with E-state index in [4.69, 9.17) is 9.47 Å². The highest BCUT2D eigenvalue weighted by Crippen LogP contribution is 2.38. The van der Waals surface area contributed by atoms with Crippen molar-refractivity contribution < 1.29 is 14.3 Å². The fraction of sp³-hybridized carbons (Fsp3) is 0.269. The Bertz CT molecular complexity index is 1430. The maximum absolute atomic E-state index is 13.3. The van der Waals surface area contributed by atoms with Crippen molar-refractivity contribution in [1.29, 1.82) is 0 Å². The molecule has 7 nitrogen and oxygen atoms in total. The van der Waals surface area contributed by atoms with Crippen LogP contribution in [0.1, 0.15) is 24.4 Å². The summed E-state index contributed by atoms with van der Waals surface area (Å²) >= 11 is 1.48. The molecule has 8 heteroatoms. The van der Waals surface area contributed by atoms with E-state index in [0.717, 1.165) is 40.3 Å². The second-order valence-corrected chi connectivity index (χ2v) is 9.55. The number of carbonyl (C=O) groups excluding carboxylic acids is 1. The summed E-state index contributed by atoms with van der Waals surface area (Å²) < 4.78 is 12.8. The third kappa shape index (κ3) is 3.74. The number of rotatable bonds is 4. The quantitative estimate of drug-likeness (QED) is 0.443. The van der Waals surface area contributed by atoms with E-state index in [2.05, 4.69) is 4.98 Å². The van der Waals surface area contributed by atoms with Crippen LogP contribution >= 0.6 is 11.3 Å². The molecule has 4 heterocycles. The van der Waals surface area contributed by atoms with E-state index >= 15 is 0 Å². The molecule has 0 aliphatic carbocycles. The van der Waals surface area contributed by atoms with Gasteiger partial charge in [0.2, 0.25) is 5.91 Å². The fourth-order valence-corrected chi connectivity index (χ4v) is 5.73. The number of amides is 1. The smallest absolute Gasteiger partial charge is 0.262 e. The fourth-order valence-electron chi connectivity index (χ4n) is 4.73. The van der Waals surface area contributed by atoms with Crippen LogP contribution in [-0.4, -0.2) is 40.1 Å². The first-order valence-corrected chi connectivity index (χ1v) is 12.2. The summed E-state index contributed by atoms with van der Waals surface area (Å²) in [4.78, 5) is 34.5. The van der Waals surface area contributed by atoms with Crippen LogP contribution in [0, 0.1) is 0 Å². The van der Waals surface area contributed by atoms with Crippen molar-refractivity contribution in [2.45, 2.75) is 25.4 Å². The Morgan fingerprint density at radius 1 is 1.06 bits per heavy atom. The van der Waals surface area contributed by atoms with Gasteiger partial charge >= 0.3 is 0 Å². The predicted octanol–water partition coefficient (Wildman–Crippen LogP) is 4.26. The van der Waals surface area contributed by atoms with Gasteiger partial charge in [-0.15, -0.1) is 11.3 Å². The summed E-state index contributed by atoms with van der Waals surface area (Å²) in [6.45, 7) is 1.71. The molecule has 0 N–H and O–H groups in total. The van der Waals surface area contributed by atoms with E-state index in [-0.39, 0.29) is 24.1 Å². The van der Waals surface area contributed by atoms with Crippen LogP contribution in [0.2, 0.25) is 0 Å². The van der Waals surface area contributed by atoms with Crippen molar-refractivity contribution in [1.82, 2.24) is 14.5 Å². The van der Waals surface area contributed by atoms with E-state index in [0.29, 0.717) is 30.0 Å². The number of carbonyl (C=O) groups is 1. The topological polar surface area (TPSA) is 73.7 Å². The monoisotopic (exact) mass is 473 g/mol. The Morgan fingerprint density at radius 2 is 1.88 bits per heavy atom. The maximum Gasteiger partial charge on any atom is 0.262 e. The number of likely N-dealkylation sites (tertiary alicyclic amines) is 1. The lowest BCUT2D eigenvalue weighted by atomic mass is 10.0. The van der Waals surface area contributed by atoms with Crippen LogP contribution in [-0.2, 0) is 11.3 Å². The minimum atomic E-state index is -0.188. The van der Waals surface area contributed by atoms with Crippen LogP contribution in [0.25, 0.3) is 20.7 Å². The summed E-state index contributed by atoms with van der Waals surface area (Å²) in [6.07, 6.45) is 3.29. The minimum Gasteiger partial charge on any atom is -0.486 e. The number of nitrogens with zero attached hydrogens (tertiary/aromatic N) is 3. The van der Waals surface area contributed by atoms with Crippen molar-refractivity contribution in [3.63, 3.8) is 0 Å². The Kier molecular flexibility index (Phi) is 5.30. The lowest BCUT2D eigenvalue weighted by Crippen LogP contribution is -2.36. The van der Waals surface area contributed by atoms with Crippen molar-refractivity contribution in [3.8, 4) is 21.9 Å². The predicted molar refractivity (Wildman–Crippen MR) is 130 cm³/mol. The molecule has 1 saturated heterocycles. The summed E-state index contributed by atoms with van der Waals surface area (Å²) in [5, 5.41) is 0.545. The largest absolute Gasteiger partial charge is 0.486 e. The number of fused-ring (bicyclic) bond motifs is 2. The molecule has 0 bridgehead atoms. The SMILES string of the molecule is O=C(Cn1cnc2sc(-c3ccccc3)cc2c1=O)N1CCCC1c1ccc2c(c1)OCCO2. The highest BCUT2D eigenvalue weighted by atomic mass is 32.1. The molecule has 172 valence electrons. The van der Waals surface area contributed by atoms with Gasteiger partial charge < -0.3 is 14.4 Å². The third-order valence-electron chi connectivity index (χ3n) is 6.41. The first kappa shape index (κ1) is 20.9. The zero-order valence-electron chi connectivity index (χ0n) is 18.5. The van der Waals surface area contributed by atoms with Gasteiger partial charge in [0.25, 0.3) is 5.56 Å². The van der Waals surface area contributed by atoms with E-state index in [1.54, 1.807) is 0 Å². The second-order valence-electron chi connectivity index (χ2n) is 8.52. The first-order chi connectivity index (χ1) is 16.7. The van der Waals surface area contributed by atoms with Crippen molar-refractivity contribution in [3.05, 3.63) is 76.8 Å². The Balaban J connectivity index is 1.25. The summed E-state index contributed by atoms with van der Waals surface area (Å²) in [6, 6.07) is 17.6. The molecular formula is C26H23N3O4S. The lowest BCUT2D eigenvalue weighted by molar-refractivity contribution is -0.132. The molecule has 2 aliphatic heterocycles. The van der Waals surface area contributed by atoms with Gasteiger partial charge in [0.05, 0.1) is 17.8 Å². The highest BCUT2D eigenvalue weighted by Gasteiger charge is 2.31. The number of benzene rings is 2. The molecule has 2 aromatic heterocycles. The van der Waals surface area contributed by atoms with Gasteiger partial charge in [0.15, 0.2) is 11.5 Å². The average Bonchev–Trinajstić information content (AvgIpc) is 3.54. The summed E-state index contributed by atoms with van der Waals surface area (Å²) in [5.41, 5.74) is 1.89. The van der Waals surface area contributed by atoms with Crippen molar-refractivity contribution in [2.24, 2.45) is 0 Å². The molecule has 4 aromatic rings. The van der Waals surface area contributed by atoms with Gasteiger partial charge in [0, 0.05) is 11.4 Å². The van der Waals surface area contributed by atoms with E-state index in [9.17, 15) is 9.59 Å². The van der Waals surface area contributed by atoms with Crippen molar-refractivity contribution >= 4 is 27.5 Å². The molecule has 2 aromatic carbocycles. The molecule has 1 amide bonds. The number of aromatic nitrogens is 2. The molecule has 1 unspecified atom stereocenters. The minimum absolute atomic E-state index is 0.0284. The van der Waals surface area contributed by atoms with Crippen LogP contribution < -0.4 is 15.0 Å². The molecule has 0 spiro atoms. The first-order valence-electron chi connectivity index (χ1n) is 11.4. The van der Waals surface area contributed by atoms with Gasteiger partial charge in [-0.25, -0.2) is 4.98 Å². The van der Waals surface area contributed by atoms with Crippen LogP contribution in [0.4, 0.5) is 0 Å². The zero-order chi connectivity index (χ0) is 23.1. The molecule has 2 aliphatic rings. The highest BCUT2D eigenvalue weighted by molar-refractivity contribution is 7.21. The van der Waals surface area contributed by atoms with Gasteiger partial charge in [-0.1, -0.05) is 36.4 Å². The Labute approximate surface area is 200 Å². The van der Waals surface area contributed by atoms with E-state index < -0.39 is 0 Å². The molecule has 1 atom stereocenters. The zero-order valence-corrected chi connectivity index (χ0v) is 19.3. The standard InChI is InChI=1S/C26H23N3O4S/c30-24(29-10-4-7-20(29)18-8-9-21-22(13-18)33-12-11-32-21)15-28-16-27-25-19(26(28)31)14-23(34-25)17-5-2-1-3-6-17/h1-3,5-6,8-9,13-14,16,20H,4,7,10-12,15H2. The Hall–Kier alpha value is -3.65. The summed E-state index contributed by atoms with van der Waals surface area (Å²) in [5.74, 6) is 1.38. The third-order valence-corrected chi connectivity index (χ3v) is 7.50. The van der Waals surface area contributed by atoms with Crippen LogP contribution in [0.3, 0.4) is 0 Å². The van der Waals surface area contributed by atoms with Crippen LogP contribution in [0.5, 0.6) is 11.5 Å². The van der Waals surface area contributed by atoms with Gasteiger partial charge in [0.1, 0.15) is 24.6 Å².